The van der Waals surface area contributed by atoms with E-state index in [-0.39, 0.29) is 24.6 Å². The van der Waals surface area contributed by atoms with E-state index in [9.17, 15) is 4.79 Å². The third-order valence-electron chi connectivity index (χ3n) is 2.48. The number of nitrogens with zero attached hydrogens (tertiary/aromatic N) is 1. The number of carbonyl (C=O) groups excluding carboxylic acids is 1. The van der Waals surface area contributed by atoms with Crippen LogP contribution in [-0.4, -0.2) is 24.6 Å². The first-order valence-corrected chi connectivity index (χ1v) is 6.51. The number of amides is 1. The molecule has 108 valence electrons. The van der Waals surface area contributed by atoms with Crippen molar-refractivity contribution in [1.29, 1.82) is 5.26 Å². The second kappa shape index (κ2) is 7.51. The molecule has 1 amide bonds. The summed E-state index contributed by atoms with van der Waals surface area (Å²) in [7, 11) is 0. The Morgan fingerprint density at radius 3 is 2.50 bits per heavy atom. The summed E-state index contributed by atoms with van der Waals surface area (Å²) in [5.41, 5.74) is 1.23. The van der Waals surface area contributed by atoms with Crippen LogP contribution in [0, 0.1) is 11.3 Å². The second-order valence-corrected chi connectivity index (χ2v) is 5.47. The molecule has 0 spiro atoms. The summed E-state index contributed by atoms with van der Waals surface area (Å²) in [5, 5.41) is 14.1. The number of carbonyl (C=O) groups is 1. The van der Waals surface area contributed by atoms with Gasteiger partial charge in [0.2, 0.25) is 0 Å². The van der Waals surface area contributed by atoms with Gasteiger partial charge in [0.15, 0.2) is 6.61 Å². The lowest BCUT2D eigenvalue weighted by molar-refractivity contribution is -0.122. The van der Waals surface area contributed by atoms with E-state index >= 15 is 0 Å². The minimum Gasteiger partial charge on any atom is -0.484 e. The number of hydrogen-bond acceptors (Lipinski definition) is 4. The molecule has 2 N–H and O–H groups in total. The van der Waals surface area contributed by atoms with Crippen molar-refractivity contribution in [3.05, 3.63) is 29.8 Å². The van der Waals surface area contributed by atoms with Gasteiger partial charge in [0.25, 0.3) is 5.91 Å². The molecule has 20 heavy (non-hydrogen) atoms. The molecule has 0 saturated carbocycles. The number of hydrogen-bond donors (Lipinski definition) is 2. The van der Waals surface area contributed by atoms with Crippen LogP contribution in [0.3, 0.4) is 0 Å². The van der Waals surface area contributed by atoms with Crippen LogP contribution in [0.15, 0.2) is 24.3 Å². The van der Waals surface area contributed by atoms with E-state index in [1.165, 1.54) is 0 Å². The minimum absolute atomic E-state index is 0.000393. The molecule has 1 rings (SSSR count). The predicted octanol–water partition coefficient (Wildman–Crippen LogP) is 1.59. The number of benzene rings is 1. The Kier molecular flexibility index (Phi) is 6.01. The van der Waals surface area contributed by atoms with Crippen molar-refractivity contribution in [2.75, 3.05) is 13.2 Å². The Morgan fingerprint density at radius 2 is 1.95 bits per heavy atom. The molecule has 0 atom stereocenters. The Bertz CT molecular complexity index is 469. The second-order valence-electron chi connectivity index (χ2n) is 5.47. The highest BCUT2D eigenvalue weighted by Gasteiger charge is 2.08. The van der Waals surface area contributed by atoms with Gasteiger partial charge in [0.05, 0.1) is 6.07 Å². The zero-order valence-electron chi connectivity index (χ0n) is 12.2. The summed E-state index contributed by atoms with van der Waals surface area (Å²) in [5.74, 6) is 0.335. The average Bonchev–Trinajstić information content (AvgIpc) is 2.41. The molecular weight excluding hydrogens is 254 g/mol. The molecule has 0 aliphatic carbocycles. The molecule has 0 unspecified atom stereocenters. The zero-order chi connectivity index (χ0) is 15.0. The molecule has 1 aromatic rings. The molecule has 5 heteroatoms. The van der Waals surface area contributed by atoms with Crippen LogP contribution < -0.4 is 15.4 Å². The summed E-state index contributed by atoms with van der Waals surface area (Å²) in [6.07, 6.45) is 0. The van der Waals surface area contributed by atoms with Crippen LogP contribution in [0.1, 0.15) is 26.3 Å². The zero-order valence-corrected chi connectivity index (χ0v) is 12.2. The van der Waals surface area contributed by atoms with Crippen molar-refractivity contribution in [3.63, 3.8) is 0 Å². The first-order chi connectivity index (χ1) is 9.40. The van der Waals surface area contributed by atoms with Crippen LogP contribution in [-0.2, 0) is 11.3 Å². The SMILES string of the molecule is CC(C)(C)NCc1ccc(OCC(=O)NCC#N)cc1. The van der Waals surface area contributed by atoms with Gasteiger partial charge in [-0.05, 0) is 38.5 Å². The number of nitrogens with one attached hydrogen (secondary N) is 2. The van der Waals surface area contributed by atoms with Gasteiger partial charge >= 0.3 is 0 Å². The summed E-state index contributed by atoms with van der Waals surface area (Å²) in [6, 6.07) is 9.42. The molecule has 1 aromatic carbocycles. The molecule has 0 aliphatic heterocycles. The molecular formula is C15H21N3O2. The maximum absolute atomic E-state index is 11.3. The van der Waals surface area contributed by atoms with Crippen molar-refractivity contribution in [1.82, 2.24) is 10.6 Å². The largest absolute Gasteiger partial charge is 0.484 e. The van der Waals surface area contributed by atoms with Gasteiger partial charge in [-0.2, -0.15) is 5.26 Å². The smallest absolute Gasteiger partial charge is 0.258 e. The fraction of sp³-hybridized carbons (Fsp3) is 0.467. The standard InChI is InChI=1S/C15H21N3O2/c1-15(2,3)18-10-12-4-6-13(7-5-12)20-11-14(19)17-9-8-16/h4-7,18H,9-11H2,1-3H3,(H,17,19). The molecule has 5 nitrogen and oxygen atoms in total. The number of rotatable bonds is 6. The monoisotopic (exact) mass is 275 g/mol. The van der Waals surface area contributed by atoms with Crippen molar-refractivity contribution >= 4 is 5.91 Å². The first-order valence-electron chi connectivity index (χ1n) is 6.51. The van der Waals surface area contributed by atoms with Crippen LogP contribution in [0.4, 0.5) is 0 Å². The molecule has 0 bridgehead atoms. The highest BCUT2D eigenvalue weighted by Crippen LogP contribution is 2.12. The molecule has 0 aromatic heterocycles. The lowest BCUT2D eigenvalue weighted by Gasteiger charge is -2.20. The lowest BCUT2D eigenvalue weighted by Crippen LogP contribution is -2.35. The molecule has 0 saturated heterocycles. The van der Waals surface area contributed by atoms with E-state index in [0.717, 1.165) is 12.1 Å². The topological polar surface area (TPSA) is 74.2 Å². The van der Waals surface area contributed by atoms with E-state index in [4.69, 9.17) is 10.00 Å². The molecule has 0 heterocycles. The highest BCUT2D eigenvalue weighted by atomic mass is 16.5. The van der Waals surface area contributed by atoms with Gasteiger partial charge in [-0.15, -0.1) is 0 Å². The fourth-order valence-electron chi connectivity index (χ4n) is 1.41. The Balaban J connectivity index is 2.39. The summed E-state index contributed by atoms with van der Waals surface area (Å²) < 4.78 is 5.32. The predicted molar refractivity (Wildman–Crippen MR) is 77.2 cm³/mol. The van der Waals surface area contributed by atoms with E-state index < -0.39 is 0 Å². The normalized spacial score (nSPS) is 10.7. The van der Waals surface area contributed by atoms with Gasteiger partial charge in [0.1, 0.15) is 12.3 Å². The van der Waals surface area contributed by atoms with Gasteiger partial charge in [0, 0.05) is 12.1 Å². The highest BCUT2D eigenvalue weighted by molar-refractivity contribution is 5.77. The van der Waals surface area contributed by atoms with Crippen molar-refractivity contribution in [3.8, 4) is 11.8 Å². The van der Waals surface area contributed by atoms with E-state index in [1.807, 2.05) is 30.3 Å². The maximum Gasteiger partial charge on any atom is 0.258 e. The Hall–Kier alpha value is -2.06. The summed E-state index contributed by atoms with van der Waals surface area (Å²) in [4.78, 5) is 11.3. The van der Waals surface area contributed by atoms with Gasteiger partial charge < -0.3 is 15.4 Å². The summed E-state index contributed by atoms with van der Waals surface area (Å²) >= 11 is 0. The average molecular weight is 275 g/mol. The van der Waals surface area contributed by atoms with Crippen molar-refractivity contribution in [2.24, 2.45) is 0 Å². The summed E-state index contributed by atoms with van der Waals surface area (Å²) in [6.45, 7) is 7.05. The van der Waals surface area contributed by atoms with Gasteiger partial charge in [-0.1, -0.05) is 12.1 Å². The molecule has 0 aliphatic rings. The fourth-order valence-corrected chi connectivity index (χ4v) is 1.41. The van der Waals surface area contributed by atoms with Crippen LogP contribution >= 0.6 is 0 Å². The quantitative estimate of drug-likeness (QED) is 0.773. The van der Waals surface area contributed by atoms with E-state index in [2.05, 4.69) is 31.4 Å². The maximum atomic E-state index is 11.3. The number of ether oxygens (including phenoxy) is 1. The molecule has 0 fully saturated rings. The number of nitriles is 1. The first kappa shape index (κ1) is 16.0. The van der Waals surface area contributed by atoms with E-state index in [0.29, 0.717) is 5.75 Å². The van der Waals surface area contributed by atoms with Gasteiger partial charge in [-0.25, -0.2) is 0 Å². The van der Waals surface area contributed by atoms with E-state index in [1.54, 1.807) is 0 Å². The lowest BCUT2D eigenvalue weighted by atomic mass is 10.1. The van der Waals surface area contributed by atoms with Crippen LogP contribution in [0.2, 0.25) is 0 Å². The Morgan fingerprint density at radius 1 is 1.30 bits per heavy atom. The van der Waals surface area contributed by atoms with Crippen LogP contribution in [0.25, 0.3) is 0 Å². The minimum atomic E-state index is -0.301. The van der Waals surface area contributed by atoms with Gasteiger partial charge in [-0.3, -0.25) is 4.79 Å². The van der Waals surface area contributed by atoms with Crippen molar-refractivity contribution in [2.45, 2.75) is 32.9 Å². The Labute approximate surface area is 119 Å². The third-order valence-corrected chi connectivity index (χ3v) is 2.48. The van der Waals surface area contributed by atoms with Crippen LogP contribution in [0.5, 0.6) is 5.75 Å². The van der Waals surface area contributed by atoms with Crippen molar-refractivity contribution < 1.29 is 9.53 Å². The third kappa shape index (κ3) is 6.76. The molecule has 0 radical (unpaired) electrons.